The highest BCUT2D eigenvalue weighted by Crippen LogP contribution is 2.35. The summed E-state index contributed by atoms with van der Waals surface area (Å²) in [4.78, 5) is 12.4. The van der Waals surface area contributed by atoms with Crippen molar-refractivity contribution in [1.29, 1.82) is 0 Å². The Balaban J connectivity index is 1.51. The Kier molecular flexibility index (Phi) is 4.42. The van der Waals surface area contributed by atoms with Crippen LogP contribution in [0.5, 0.6) is 11.5 Å². The molecule has 4 rings (SSSR count). The van der Waals surface area contributed by atoms with E-state index in [9.17, 15) is 13.6 Å². The maximum absolute atomic E-state index is 13.3. The fourth-order valence-corrected chi connectivity index (χ4v) is 2.75. The number of rotatable bonds is 4. The molecule has 5 heteroatoms. The van der Waals surface area contributed by atoms with Gasteiger partial charge >= 0.3 is 0 Å². The number of hydrogen-bond donors (Lipinski definition) is 0. The summed E-state index contributed by atoms with van der Waals surface area (Å²) in [5.41, 5.74) is 1.78. The second-order valence-electron chi connectivity index (χ2n) is 6.07. The van der Waals surface area contributed by atoms with Crippen LogP contribution >= 0.6 is 0 Å². The second kappa shape index (κ2) is 7.03. The molecule has 3 aromatic carbocycles. The number of ketones is 1. The predicted octanol–water partition coefficient (Wildman–Crippen LogP) is 5.16. The first-order valence-corrected chi connectivity index (χ1v) is 8.29. The number of benzene rings is 3. The third kappa shape index (κ3) is 3.72. The van der Waals surface area contributed by atoms with E-state index in [1.165, 1.54) is 30.3 Å². The summed E-state index contributed by atoms with van der Waals surface area (Å²) in [7, 11) is 0. The third-order valence-corrected chi connectivity index (χ3v) is 4.11. The molecule has 0 bridgehead atoms. The maximum atomic E-state index is 13.3. The van der Waals surface area contributed by atoms with E-state index in [1.807, 2.05) is 0 Å². The van der Waals surface area contributed by atoms with E-state index >= 15 is 0 Å². The molecule has 3 aromatic rings. The molecule has 0 saturated carbocycles. The van der Waals surface area contributed by atoms with Gasteiger partial charge < -0.3 is 9.47 Å². The third-order valence-electron chi connectivity index (χ3n) is 4.11. The van der Waals surface area contributed by atoms with Gasteiger partial charge in [-0.15, -0.1) is 0 Å². The summed E-state index contributed by atoms with van der Waals surface area (Å²) in [6.45, 7) is 0.263. The zero-order valence-corrected chi connectivity index (χ0v) is 14.1. The molecule has 1 heterocycles. The van der Waals surface area contributed by atoms with E-state index < -0.39 is 0 Å². The molecule has 0 amide bonds. The standard InChI is InChI=1S/C22H14F2O3/c23-16-6-4-14(5-7-16)13-26-18-8-9-19-20(12-18)27-21(22(19)25)11-15-2-1-3-17(24)10-15/h1-12H,13H2. The number of fused-ring (bicyclic) bond motifs is 1. The first-order valence-electron chi connectivity index (χ1n) is 8.29. The van der Waals surface area contributed by atoms with E-state index in [-0.39, 0.29) is 29.8 Å². The van der Waals surface area contributed by atoms with E-state index in [0.29, 0.717) is 22.6 Å². The Labute approximate surface area is 154 Å². The summed E-state index contributed by atoms with van der Waals surface area (Å²) >= 11 is 0. The molecule has 0 N–H and O–H groups in total. The zero-order valence-electron chi connectivity index (χ0n) is 14.1. The van der Waals surface area contributed by atoms with Crippen molar-refractivity contribution in [2.24, 2.45) is 0 Å². The average Bonchev–Trinajstić information content (AvgIpc) is 2.96. The van der Waals surface area contributed by atoms with Crippen molar-refractivity contribution in [3.05, 3.63) is 101 Å². The molecule has 3 nitrogen and oxygen atoms in total. The maximum Gasteiger partial charge on any atom is 0.231 e. The molecular formula is C22H14F2O3. The molecule has 27 heavy (non-hydrogen) atoms. The Hall–Kier alpha value is -3.47. The van der Waals surface area contributed by atoms with Crippen LogP contribution in [0.15, 0.2) is 72.5 Å². The van der Waals surface area contributed by atoms with Crippen molar-refractivity contribution in [1.82, 2.24) is 0 Å². The number of halogens is 2. The van der Waals surface area contributed by atoms with Crippen LogP contribution in [0.4, 0.5) is 8.78 Å². The topological polar surface area (TPSA) is 35.5 Å². The van der Waals surface area contributed by atoms with Gasteiger partial charge in [0.05, 0.1) is 5.56 Å². The number of ether oxygens (including phenoxy) is 2. The van der Waals surface area contributed by atoms with Gasteiger partial charge in [-0.2, -0.15) is 0 Å². The van der Waals surface area contributed by atoms with E-state index in [4.69, 9.17) is 9.47 Å². The molecule has 0 fully saturated rings. The molecule has 0 unspecified atom stereocenters. The van der Waals surface area contributed by atoms with Crippen molar-refractivity contribution < 1.29 is 23.0 Å². The monoisotopic (exact) mass is 364 g/mol. The number of hydrogen-bond acceptors (Lipinski definition) is 3. The van der Waals surface area contributed by atoms with Gasteiger partial charge in [-0.05, 0) is 53.6 Å². The molecule has 0 saturated heterocycles. The van der Waals surface area contributed by atoms with Gasteiger partial charge in [-0.3, -0.25) is 4.79 Å². The van der Waals surface area contributed by atoms with Crippen LogP contribution in [-0.4, -0.2) is 5.78 Å². The quantitative estimate of drug-likeness (QED) is 0.600. The van der Waals surface area contributed by atoms with Crippen molar-refractivity contribution in [2.75, 3.05) is 0 Å². The van der Waals surface area contributed by atoms with E-state index in [1.54, 1.807) is 42.5 Å². The minimum atomic E-state index is -0.385. The van der Waals surface area contributed by atoms with Gasteiger partial charge in [0.1, 0.15) is 29.7 Å². The molecule has 0 atom stereocenters. The molecule has 134 valence electrons. The zero-order chi connectivity index (χ0) is 18.8. The Bertz CT molecular complexity index is 1040. The van der Waals surface area contributed by atoms with Crippen LogP contribution in [-0.2, 0) is 6.61 Å². The lowest BCUT2D eigenvalue weighted by atomic mass is 10.1. The highest BCUT2D eigenvalue weighted by Gasteiger charge is 2.27. The molecule has 1 aliphatic heterocycles. The minimum absolute atomic E-state index is 0.131. The second-order valence-corrected chi connectivity index (χ2v) is 6.07. The predicted molar refractivity (Wildman–Crippen MR) is 96.5 cm³/mol. The first-order chi connectivity index (χ1) is 13.1. The highest BCUT2D eigenvalue weighted by molar-refractivity contribution is 6.14. The first kappa shape index (κ1) is 17.0. The molecule has 0 aromatic heterocycles. The van der Waals surface area contributed by atoms with Crippen molar-refractivity contribution in [3.8, 4) is 11.5 Å². The van der Waals surface area contributed by atoms with Gasteiger partial charge in [0.15, 0.2) is 5.76 Å². The summed E-state index contributed by atoms with van der Waals surface area (Å²) in [5, 5.41) is 0. The van der Waals surface area contributed by atoms with Crippen molar-refractivity contribution in [3.63, 3.8) is 0 Å². The summed E-state index contributed by atoms with van der Waals surface area (Å²) in [6, 6.07) is 16.9. The van der Waals surface area contributed by atoms with Gasteiger partial charge in [0.25, 0.3) is 0 Å². The molecule has 0 aliphatic carbocycles. The lowest BCUT2D eigenvalue weighted by Gasteiger charge is -2.07. The number of carbonyl (C=O) groups is 1. The Morgan fingerprint density at radius 2 is 1.74 bits per heavy atom. The van der Waals surface area contributed by atoms with Gasteiger partial charge in [-0.1, -0.05) is 24.3 Å². The number of allylic oxidation sites excluding steroid dienone is 1. The van der Waals surface area contributed by atoms with Crippen LogP contribution in [0.1, 0.15) is 21.5 Å². The summed E-state index contributed by atoms with van der Waals surface area (Å²) < 4.78 is 37.6. The van der Waals surface area contributed by atoms with Gasteiger partial charge in [0.2, 0.25) is 5.78 Å². The molecule has 1 aliphatic rings. The fourth-order valence-electron chi connectivity index (χ4n) is 2.75. The lowest BCUT2D eigenvalue weighted by Crippen LogP contribution is -1.98. The fraction of sp³-hybridized carbons (Fsp3) is 0.0455. The summed E-state index contributed by atoms with van der Waals surface area (Å²) in [5.74, 6) is 0.0902. The van der Waals surface area contributed by atoms with Gasteiger partial charge in [0, 0.05) is 6.07 Å². The SMILES string of the molecule is O=C1C(=Cc2cccc(F)c2)Oc2cc(OCc3ccc(F)cc3)ccc21. The molecule has 0 radical (unpaired) electrons. The summed E-state index contributed by atoms with van der Waals surface area (Å²) in [6.07, 6.45) is 1.50. The average molecular weight is 364 g/mol. The van der Waals surface area contributed by atoms with Crippen LogP contribution in [0, 0.1) is 11.6 Å². The van der Waals surface area contributed by atoms with Gasteiger partial charge in [-0.25, -0.2) is 8.78 Å². The molecule has 0 spiro atoms. The Morgan fingerprint density at radius 1 is 0.926 bits per heavy atom. The highest BCUT2D eigenvalue weighted by atomic mass is 19.1. The molecular weight excluding hydrogens is 350 g/mol. The van der Waals surface area contributed by atoms with Crippen LogP contribution in [0.2, 0.25) is 0 Å². The minimum Gasteiger partial charge on any atom is -0.489 e. The van der Waals surface area contributed by atoms with E-state index in [2.05, 4.69) is 0 Å². The van der Waals surface area contributed by atoms with Crippen LogP contribution < -0.4 is 9.47 Å². The van der Waals surface area contributed by atoms with Crippen molar-refractivity contribution >= 4 is 11.9 Å². The largest absolute Gasteiger partial charge is 0.489 e. The van der Waals surface area contributed by atoms with Crippen LogP contribution in [0.25, 0.3) is 6.08 Å². The van der Waals surface area contributed by atoms with Crippen LogP contribution in [0.3, 0.4) is 0 Å². The van der Waals surface area contributed by atoms with E-state index in [0.717, 1.165) is 5.56 Å². The Morgan fingerprint density at radius 3 is 2.52 bits per heavy atom. The smallest absolute Gasteiger partial charge is 0.231 e. The van der Waals surface area contributed by atoms with Crippen molar-refractivity contribution in [2.45, 2.75) is 6.61 Å². The number of carbonyl (C=O) groups excluding carboxylic acids is 1. The number of Topliss-reactive ketones (excluding diaryl/α,β-unsaturated/α-hetero) is 1. The lowest BCUT2D eigenvalue weighted by molar-refractivity contribution is 0.101. The normalized spacial score (nSPS) is 14.1.